The van der Waals surface area contributed by atoms with Crippen molar-refractivity contribution < 1.29 is 14.2 Å². The van der Waals surface area contributed by atoms with Crippen LogP contribution in [0.5, 0.6) is 11.5 Å². The van der Waals surface area contributed by atoms with Gasteiger partial charge in [0.25, 0.3) is 0 Å². The highest BCUT2D eigenvalue weighted by molar-refractivity contribution is 6.33. The number of halogens is 1. The summed E-state index contributed by atoms with van der Waals surface area (Å²) < 4.78 is 19.3. The maximum Gasteiger partial charge on any atom is 0.163 e. The quantitative estimate of drug-likeness (QED) is 0.448. The zero-order valence-corrected chi connectivity index (χ0v) is 18.1. The van der Waals surface area contributed by atoms with E-state index >= 15 is 0 Å². The van der Waals surface area contributed by atoms with Crippen LogP contribution in [0, 0.1) is 6.92 Å². The minimum atomic E-state index is 0.116. The summed E-state index contributed by atoms with van der Waals surface area (Å²) in [6.07, 6.45) is 5.73. The van der Waals surface area contributed by atoms with Gasteiger partial charge in [0.05, 0.1) is 47.5 Å². The first kappa shape index (κ1) is 19.9. The number of imidazole rings is 1. The molecule has 31 heavy (non-hydrogen) atoms. The second-order valence-corrected chi connectivity index (χ2v) is 8.01. The molecule has 0 saturated carbocycles. The van der Waals surface area contributed by atoms with Crippen LogP contribution in [0.15, 0.2) is 42.9 Å². The van der Waals surface area contributed by atoms with Gasteiger partial charge in [-0.05, 0) is 31.4 Å². The summed E-state index contributed by atoms with van der Waals surface area (Å²) in [7, 11) is 1.63. The van der Waals surface area contributed by atoms with Crippen molar-refractivity contribution in [2.24, 2.45) is 0 Å². The third-order valence-corrected chi connectivity index (χ3v) is 5.86. The number of hydrogen-bond donors (Lipinski definition) is 1. The molecule has 2 aromatic heterocycles. The van der Waals surface area contributed by atoms with Crippen LogP contribution >= 0.6 is 11.6 Å². The molecular formula is C23H23ClN4O3. The molecule has 0 amide bonds. The van der Waals surface area contributed by atoms with Gasteiger partial charge < -0.3 is 19.5 Å². The molecule has 1 N–H and O–H groups in total. The SMILES string of the molecule is COc1cc2c(cc1OCC1CCCO1)nc(Nc1c(C)cccc1Cl)c1cncn12. The molecule has 5 rings (SSSR count). The first-order valence-corrected chi connectivity index (χ1v) is 10.6. The van der Waals surface area contributed by atoms with Gasteiger partial charge >= 0.3 is 0 Å². The molecule has 1 aliphatic heterocycles. The molecule has 3 heterocycles. The maximum absolute atomic E-state index is 6.43. The number of aromatic nitrogens is 3. The van der Waals surface area contributed by atoms with E-state index in [4.69, 9.17) is 30.8 Å². The van der Waals surface area contributed by atoms with E-state index in [0.717, 1.165) is 47.2 Å². The molecule has 0 aliphatic carbocycles. The number of aryl methyl sites for hydroxylation is 1. The van der Waals surface area contributed by atoms with Crippen LogP contribution in [0.2, 0.25) is 5.02 Å². The zero-order chi connectivity index (χ0) is 21.4. The molecule has 0 spiro atoms. The van der Waals surface area contributed by atoms with Gasteiger partial charge in [-0.15, -0.1) is 0 Å². The third kappa shape index (κ3) is 3.75. The summed E-state index contributed by atoms with van der Waals surface area (Å²) in [5.74, 6) is 1.94. The number of rotatable bonds is 6. The number of nitrogens with one attached hydrogen (secondary N) is 1. The van der Waals surface area contributed by atoms with Crippen LogP contribution in [-0.4, -0.2) is 40.8 Å². The Hall–Kier alpha value is -3.03. The van der Waals surface area contributed by atoms with E-state index in [1.807, 2.05) is 41.7 Å². The van der Waals surface area contributed by atoms with Gasteiger partial charge in [-0.25, -0.2) is 9.97 Å². The fourth-order valence-electron chi connectivity index (χ4n) is 3.89. The van der Waals surface area contributed by atoms with Crippen molar-refractivity contribution in [2.75, 3.05) is 25.6 Å². The summed E-state index contributed by atoms with van der Waals surface area (Å²) in [5, 5.41) is 4.02. The Bertz CT molecular complexity index is 1230. The highest BCUT2D eigenvalue weighted by Gasteiger charge is 2.19. The number of fused-ring (bicyclic) bond motifs is 3. The van der Waals surface area contributed by atoms with Crippen molar-refractivity contribution in [2.45, 2.75) is 25.9 Å². The van der Waals surface area contributed by atoms with Gasteiger partial charge in [0.15, 0.2) is 17.3 Å². The fraction of sp³-hybridized carbons (Fsp3) is 0.304. The van der Waals surface area contributed by atoms with E-state index in [0.29, 0.717) is 28.9 Å². The normalized spacial score (nSPS) is 16.2. The number of anilines is 2. The number of hydrogen-bond acceptors (Lipinski definition) is 6. The number of nitrogens with zero attached hydrogens (tertiary/aromatic N) is 3. The van der Waals surface area contributed by atoms with E-state index < -0.39 is 0 Å². The summed E-state index contributed by atoms with van der Waals surface area (Å²) in [4.78, 5) is 9.20. The van der Waals surface area contributed by atoms with Gasteiger partial charge in [-0.3, -0.25) is 4.40 Å². The lowest BCUT2D eigenvalue weighted by Gasteiger charge is -2.17. The first-order chi connectivity index (χ1) is 15.1. The van der Waals surface area contributed by atoms with Crippen LogP contribution in [0.4, 0.5) is 11.5 Å². The smallest absolute Gasteiger partial charge is 0.163 e. The number of para-hydroxylation sites is 1. The summed E-state index contributed by atoms with van der Waals surface area (Å²) >= 11 is 6.43. The van der Waals surface area contributed by atoms with Gasteiger partial charge in [-0.1, -0.05) is 23.7 Å². The lowest BCUT2D eigenvalue weighted by Crippen LogP contribution is -2.16. The molecule has 1 saturated heterocycles. The van der Waals surface area contributed by atoms with Crippen LogP contribution < -0.4 is 14.8 Å². The molecule has 7 nitrogen and oxygen atoms in total. The first-order valence-electron chi connectivity index (χ1n) is 10.2. The summed E-state index contributed by atoms with van der Waals surface area (Å²) in [6, 6.07) is 9.60. The standard InChI is InChI=1S/C23H23ClN4O3/c1-14-5-3-7-16(24)22(14)27-23-19-11-25-13-28(19)18-10-20(29-2)21(9-17(18)26-23)31-12-15-6-4-8-30-15/h3,5,7,9-11,13,15H,4,6,8,12H2,1-2H3,(H,26,27). The fourth-order valence-corrected chi connectivity index (χ4v) is 4.16. The second kappa shape index (κ2) is 8.24. The van der Waals surface area contributed by atoms with Crippen molar-refractivity contribution in [1.82, 2.24) is 14.4 Å². The monoisotopic (exact) mass is 438 g/mol. The molecular weight excluding hydrogens is 416 g/mol. The minimum Gasteiger partial charge on any atom is -0.493 e. The summed E-state index contributed by atoms with van der Waals surface area (Å²) in [6.45, 7) is 3.28. The van der Waals surface area contributed by atoms with E-state index in [1.54, 1.807) is 19.6 Å². The Morgan fingerprint density at radius 1 is 1.26 bits per heavy atom. The second-order valence-electron chi connectivity index (χ2n) is 7.60. The average molecular weight is 439 g/mol. The zero-order valence-electron chi connectivity index (χ0n) is 17.4. The van der Waals surface area contributed by atoms with Crippen LogP contribution in [-0.2, 0) is 4.74 Å². The van der Waals surface area contributed by atoms with Gasteiger partial charge in [0, 0.05) is 18.7 Å². The molecule has 8 heteroatoms. The average Bonchev–Trinajstić information content (AvgIpc) is 3.46. The molecule has 0 radical (unpaired) electrons. The van der Waals surface area contributed by atoms with Gasteiger partial charge in [0.2, 0.25) is 0 Å². The highest BCUT2D eigenvalue weighted by atomic mass is 35.5. The van der Waals surface area contributed by atoms with Gasteiger partial charge in [-0.2, -0.15) is 0 Å². The molecule has 1 fully saturated rings. The third-order valence-electron chi connectivity index (χ3n) is 5.55. The molecule has 4 aromatic rings. The molecule has 0 bridgehead atoms. The largest absolute Gasteiger partial charge is 0.493 e. The van der Waals surface area contributed by atoms with E-state index in [-0.39, 0.29) is 6.10 Å². The lowest BCUT2D eigenvalue weighted by atomic mass is 10.2. The van der Waals surface area contributed by atoms with Crippen LogP contribution in [0.1, 0.15) is 18.4 Å². The minimum absolute atomic E-state index is 0.116. The Balaban J connectivity index is 1.58. The Morgan fingerprint density at radius 3 is 2.94 bits per heavy atom. The van der Waals surface area contributed by atoms with Crippen molar-refractivity contribution in [3.8, 4) is 11.5 Å². The Kier molecular flexibility index (Phi) is 5.29. The van der Waals surface area contributed by atoms with Gasteiger partial charge in [0.1, 0.15) is 12.1 Å². The van der Waals surface area contributed by atoms with Crippen molar-refractivity contribution in [3.05, 3.63) is 53.4 Å². The lowest BCUT2D eigenvalue weighted by molar-refractivity contribution is 0.0670. The summed E-state index contributed by atoms with van der Waals surface area (Å²) in [5.41, 5.74) is 4.31. The maximum atomic E-state index is 6.43. The van der Waals surface area contributed by atoms with Crippen molar-refractivity contribution in [3.63, 3.8) is 0 Å². The van der Waals surface area contributed by atoms with E-state index in [1.165, 1.54) is 0 Å². The van der Waals surface area contributed by atoms with Crippen molar-refractivity contribution >= 4 is 39.7 Å². The topological polar surface area (TPSA) is 69.9 Å². The Labute approximate surface area is 184 Å². The molecule has 1 aliphatic rings. The number of ether oxygens (including phenoxy) is 3. The predicted octanol–water partition coefficient (Wildman–Crippen LogP) is 5.15. The molecule has 2 aromatic carbocycles. The molecule has 160 valence electrons. The number of methoxy groups -OCH3 is 1. The Morgan fingerprint density at radius 2 is 2.16 bits per heavy atom. The number of benzene rings is 2. The van der Waals surface area contributed by atoms with Crippen molar-refractivity contribution in [1.29, 1.82) is 0 Å². The molecule has 1 unspecified atom stereocenters. The highest BCUT2D eigenvalue weighted by Crippen LogP contribution is 2.35. The van der Waals surface area contributed by atoms with E-state index in [2.05, 4.69) is 10.3 Å². The predicted molar refractivity (Wildman–Crippen MR) is 121 cm³/mol. The molecule has 1 atom stereocenters. The van der Waals surface area contributed by atoms with E-state index in [9.17, 15) is 0 Å². The van der Waals surface area contributed by atoms with Crippen LogP contribution in [0.3, 0.4) is 0 Å². The van der Waals surface area contributed by atoms with Crippen LogP contribution in [0.25, 0.3) is 16.6 Å².